The Hall–Kier alpha value is -2.83. The van der Waals surface area contributed by atoms with Crippen LogP contribution in [0.4, 0.5) is 0 Å². The molecule has 2 rings (SSSR count). The van der Waals surface area contributed by atoms with E-state index in [1.54, 1.807) is 0 Å². The lowest BCUT2D eigenvalue weighted by atomic mass is 9.60. The van der Waals surface area contributed by atoms with Gasteiger partial charge in [0.2, 0.25) is 0 Å². The number of rotatable bonds is 5. The number of ketones is 2. The van der Waals surface area contributed by atoms with Gasteiger partial charge in [-0.25, -0.2) is 0 Å². The third-order valence-corrected chi connectivity index (χ3v) is 5.65. The normalized spacial score (nSPS) is 19.6. The van der Waals surface area contributed by atoms with Gasteiger partial charge in [0.05, 0.1) is 16.4 Å². The Morgan fingerprint density at radius 3 is 2.00 bits per heavy atom. The topological polar surface area (TPSA) is 132 Å². The van der Waals surface area contributed by atoms with E-state index < -0.39 is 56.9 Å². The van der Waals surface area contributed by atoms with E-state index in [1.807, 2.05) is 13.8 Å². The van der Waals surface area contributed by atoms with Crippen molar-refractivity contribution >= 4 is 17.9 Å². The fourth-order valence-electron chi connectivity index (χ4n) is 4.08. The van der Waals surface area contributed by atoms with Crippen LogP contribution < -0.4 is 0 Å². The fraction of sp³-hybridized carbons (Fsp3) is 0.500. The van der Waals surface area contributed by atoms with Crippen molar-refractivity contribution in [3.63, 3.8) is 0 Å². The summed E-state index contributed by atoms with van der Waals surface area (Å²) >= 11 is 0. The van der Waals surface area contributed by atoms with Crippen LogP contribution in [-0.2, 0) is 9.59 Å². The number of allylic oxidation sites excluding steroid dienone is 2. The van der Waals surface area contributed by atoms with E-state index >= 15 is 0 Å². The van der Waals surface area contributed by atoms with E-state index in [0.717, 1.165) is 6.07 Å². The Bertz CT molecular complexity index is 920. The molecule has 1 aromatic carbocycles. The first kappa shape index (κ1) is 22.5. The molecule has 0 unspecified atom stereocenters. The lowest BCUT2D eigenvalue weighted by Gasteiger charge is -2.40. The number of aliphatic hydroxyl groups excluding tert-OH is 1. The minimum atomic E-state index is -1.42. The zero-order chi connectivity index (χ0) is 22.5. The van der Waals surface area contributed by atoms with Crippen LogP contribution in [-0.4, -0.2) is 38.3 Å². The molecule has 0 saturated heterocycles. The highest BCUT2D eigenvalue weighted by atomic mass is 16.3. The van der Waals surface area contributed by atoms with Crippen LogP contribution in [0, 0.1) is 16.7 Å². The molecule has 1 atom stereocenters. The predicted octanol–water partition coefficient (Wildman–Crippen LogP) is 3.76. The summed E-state index contributed by atoms with van der Waals surface area (Å²) in [6.07, 6.45) is 0.476. The Morgan fingerprint density at radius 1 is 0.966 bits per heavy atom. The molecule has 0 radical (unpaired) electrons. The maximum atomic E-state index is 13.3. The van der Waals surface area contributed by atoms with Gasteiger partial charge in [-0.15, -0.1) is 0 Å². The second-order valence-corrected chi connectivity index (χ2v) is 9.06. The van der Waals surface area contributed by atoms with Gasteiger partial charge in [0.15, 0.2) is 17.9 Å². The highest BCUT2D eigenvalue weighted by molar-refractivity contribution is 6.19. The molecule has 29 heavy (non-hydrogen) atoms. The summed E-state index contributed by atoms with van der Waals surface area (Å²) in [6, 6.07) is 0.915. The van der Waals surface area contributed by atoms with Crippen molar-refractivity contribution in [2.75, 3.05) is 0 Å². The molecule has 0 bridgehead atoms. The maximum absolute atomic E-state index is 13.3. The summed E-state index contributed by atoms with van der Waals surface area (Å²) in [7, 11) is 0. The van der Waals surface area contributed by atoms with Gasteiger partial charge in [0.1, 0.15) is 23.0 Å². The zero-order valence-corrected chi connectivity index (χ0v) is 17.5. The number of carbonyl (C=O) groups excluding carboxylic acids is 3. The van der Waals surface area contributed by atoms with Gasteiger partial charge in [0.25, 0.3) is 0 Å². The Balaban J connectivity index is 2.92. The smallest absolute Gasteiger partial charge is 0.175 e. The van der Waals surface area contributed by atoms with Crippen LogP contribution in [0.3, 0.4) is 0 Å². The number of hydrogen-bond donors (Lipinski definition) is 4. The van der Waals surface area contributed by atoms with Crippen molar-refractivity contribution in [1.82, 2.24) is 0 Å². The molecule has 0 aliphatic heterocycles. The van der Waals surface area contributed by atoms with E-state index in [0.29, 0.717) is 0 Å². The molecule has 0 spiro atoms. The summed E-state index contributed by atoms with van der Waals surface area (Å²) < 4.78 is 0. The molecule has 0 heterocycles. The number of aliphatic hydroxyl groups is 1. The summed E-state index contributed by atoms with van der Waals surface area (Å²) in [6.45, 7) is 9.69. The fourth-order valence-corrected chi connectivity index (χ4v) is 4.08. The molecule has 1 aromatic rings. The minimum Gasteiger partial charge on any atom is -0.511 e. The highest BCUT2D eigenvalue weighted by Crippen LogP contribution is 2.52. The third-order valence-electron chi connectivity index (χ3n) is 5.65. The molecule has 4 N–H and O–H groups in total. The largest absolute Gasteiger partial charge is 0.511 e. The number of aldehydes is 1. The predicted molar refractivity (Wildman–Crippen MR) is 106 cm³/mol. The molecule has 0 aromatic heterocycles. The van der Waals surface area contributed by atoms with Crippen molar-refractivity contribution in [1.29, 1.82) is 0 Å². The summed E-state index contributed by atoms with van der Waals surface area (Å²) in [4.78, 5) is 37.4. The second kappa shape index (κ2) is 7.21. The maximum Gasteiger partial charge on any atom is 0.175 e. The van der Waals surface area contributed by atoms with Gasteiger partial charge >= 0.3 is 0 Å². The van der Waals surface area contributed by atoms with Crippen LogP contribution in [0.2, 0.25) is 0 Å². The van der Waals surface area contributed by atoms with Crippen LogP contribution in [0.25, 0.3) is 0 Å². The Kier molecular flexibility index (Phi) is 5.58. The summed E-state index contributed by atoms with van der Waals surface area (Å²) in [5.41, 5.74) is -3.42. The van der Waals surface area contributed by atoms with Crippen molar-refractivity contribution in [2.45, 2.75) is 53.9 Å². The quantitative estimate of drug-likeness (QED) is 0.434. The number of hydrogen-bond acceptors (Lipinski definition) is 7. The summed E-state index contributed by atoms with van der Waals surface area (Å²) in [5.74, 6) is -4.28. The lowest BCUT2D eigenvalue weighted by Crippen LogP contribution is -2.49. The van der Waals surface area contributed by atoms with Gasteiger partial charge in [-0.2, -0.15) is 0 Å². The van der Waals surface area contributed by atoms with Crippen LogP contribution in [0.15, 0.2) is 17.4 Å². The van der Waals surface area contributed by atoms with Crippen molar-refractivity contribution in [3.8, 4) is 17.2 Å². The molecule has 0 amide bonds. The number of aromatic hydroxyl groups is 3. The molecule has 7 heteroatoms. The lowest BCUT2D eigenvalue weighted by molar-refractivity contribution is -0.144. The molecule has 0 saturated carbocycles. The Labute approximate surface area is 169 Å². The number of phenols is 3. The van der Waals surface area contributed by atoms with Crippen LogP contribution in [0.1, 0.15) is 69.8 Å². The molecular weight excluding hydrogens is 376 g/mol. The SMILES string of the molecule is CC(C)C[C@@H](C1=C(O)C(C)(C)C(=O)C(C)(C)C1=O)c1c(O)cc(O)c(C=O)c1O. The highest BCUT2D eigenvalue weighted by Gasteiger charge is 2.54. The van der Waals surface area contributed by atoms with Crippen LogP contribution in [0.5, 0.6) is 17.2 Å². The molecule has 7 nitrogen and oxygen atoms in total. The van der Waals surface area contributed by atoms with E-state index in [2.05, 4.69) is 0 Å². The van der Waals surface area contributed by atoms with Crippen LogP contribution >= 0.6 is 0 Å². The van der Waals surface area contributed by atoms with Crippen molar-refractivity contribution in [3.05, 3.63) is 28.5 Å². The molecule has 158 valence electrons. The van der Waals surface area contributed by atoms with Gasteiger partial charge < -0.3 is 20.4 Å². The summed E-state index contributed by atoms with van der Waals surface area (Å²) in [5, 5.41) is 41.9. The number of benzene rings is 1. The average Bonchev–Trinajstić information content (AvgIpc) is 2.59. The monoisotopic (exact) mass is 404 g/mol. The number of carbonyl (C=O) groups is 3. The first-order valence-corrected chi connectivity index (χ1v) is 9.45. The van der Waals surface area contributed by atoms with Gasteiger partial charge in [-0.05, 0) is 40.0 Å². The van der Waals surface area contributed by atoms with E-state index in [9.17, 15) is 34.8 Å². The Morgan fingerprint density at radius 2 is 1.52 bits per heavy atom. The van der Waals surface area contributed by atoms with Gasteiger partial charge in [-0.3, -0.25) is 14.4 Å². The van der Waals surface area contributed by atoms with E-state index in [-0.39, 0.29) is 29.8 Å². The van der Waals surface area contributed by atoms with Gasteiger partial charge in [0, 0.05) is 23.1 Å². The first-order valence-electron chi connectivity index (χ1n) is 9.45. The number of phenolic OH excluding ortho intramolecular Hbond substituents is 3. The zero-order valence-electron chi connectivity index (χ0n) is 17.5. The second-order valence-electron chi connectivity index (χ2n) is 9.06. The minimum absolute atomic E-state index is 0.0377. The third kappa shape index (κ3) is 3.39. The standard InChI is InChI=1S/C22H28O7/c1-10(2)7-11(15-14(25)8-13(24)12(9-23)17(15)26)16-18(27)21(3,4)20(29)22(5,6)19(16)28/h8-11,24-27H,7H2,1-6H3/t11-/m1/s1. The molecule has 1 aliphatic rings. The average molecular weight is 404 g/mol. The molecular formula is C22H28O7. The molecule has 1 aliphatic carbocycles. The van der Waals surface area contributed by atoms with Gasteiger partial charge in [-0.1, -0.05) is 13.8 Å². The van der Waals surface area contributed by atoms with Crippen molar-refractivity contribution in [2.24, 2.45) is 16.7 Å². The first-order chi connectivity index (χ1) is 13.2. The van der Waals surface area contributed by atoms with E-state index in [4.69, 9.17) is 0 Å². The molecule has 0 fully saturated rings. The van der Waals surface area contributed by atoms with Crippen molar-refractivity contribution < 1.29 is 34.8 Å². The number of Topliss-reactive ketones (excluding diaryl/α,β-unsaturated/α-hetero) is 2. The van der Waals surface area contributed by atoms with E-state index in [1.165, 1.54) is 27.7 Å².